The fourth-order valence-corrected chi connectivity index (χ4v) is 3.17. The van der Waals surface area contributed by atoms with Crippen molar-refractivity contribution in [1.29, 1.82) is 0 Å². The second-order valence-corrected chi connectivity index (χ2v) is 5.35. The van der Waals surface area contributed by atoms with Crippen molar-refractivity contribution < 1.29 is 23.1 Å². The van der Waals surface area contributed by atoms with Gasteiger partial charge in [0.2, 0.25) is 0 Å². The van der Waals surface area contributed by atoms with Crippen molar-refractivity contribution in [2.75, 3.05) is 26.3 Å². The Bertz CT molecular complexity index is 356. The summed E-state index contributed by atoms with van der Waals surface area (Å²) in [6, 6.07) is -0.744. The number of nitrogens with one attached hydrogen (secondary N) is 1. The smallest absolute Gasteiger partial charge is 0.324 e. The summed E-state index contributed by atoms with van der Waals surface area (Å²) in [5, 5.41) is 8.59. The van der Waals surface area contributed by atoms with Crippen molar-refractivity contribution in [3.8, 4) is 0 Å². The van der Waals surface area contributed by atoms with Crippen molar-refractivity contribution in [2.45, 2.75) is 25.8 Å². The summed E-state index contributed by atoms with van der Waals surface area (Å²) < 4.78 is 31.8. The molecule has 0 spiro atoms. The molecule has 0 saturated carbocycles. The van der Waals surface area contributed by atoms with E-state index in [9.17, 15) is 13.2 Å². The highest BCUT2D eigenvalue weighted by molar-refractivity contribution is 7.87. The number of carbonyl (C=O) groups is 1. The highest BCUT2D eigenvalue weighted by Gasteiger charge is 2.39. The van der Waals surface area contributed by atoms with Gasteiger partial charge in [0.25, 0.3) is 10.2 Å². The molecule has 0 aliphatic carbocycles. The van der Waals surface area contributed by atoms with Crippen LogP contribution in [-0.4, -0.2) is 56.1 Å². The zero-order valence-corrected chi connectivity index (χ0v) is 10.6. The van der Waals surface area contributed by atoms with E-state index < -0.39 is 22.2 Å². The molecule has 0 aromatic rings. The van der Waals surface area contributed by atoms with E-state index >= 15 is 0 Å². The zero-order chi connectivity index (χ0) is 12.9. The maximum atomic E-state index is 11.8. The number of ether oxygens (including phenoxy) is 1. The van der Waals surface area contributed by atoms with Crippen molar-refractivity contribution in [2.24, 2.45) is 0 Å². The van der Waals surface area contributed by atoms with Gasteiger partial charge in [-0.3, -0.25) is 4.79 Å². The molecular formula is C9H18N2O5S. The molecule has 0 radical (unpaired) electrons. The Hall–Kier alpha value is -0.700. The second-order valence-electron chi connectivity index (χ2n) is 3.64. The zero-order valence-electron chi connectivity index (χ0n) is 9.76. The molecule has 1 aliphatic heterocycles. The number of hydrogen-bond acceptors (Lipinski definition) is 5. The van der Waals surface area contributed by atoms with Gasteiger partial charge in [0.1, 0.15) is 6.04 Å². The molecule has 0 aromatic carbocycles. The van der Waals surface area contributed by atoms with Crippen LogP contribution >= 0.6 is 0 Å². The van der Waals surface area contributed by atoms with Gasteiger partial charge in [0, 0.05) is 13.1 Å². The standard InChI is InChI=1S/C9H18N2O5S/c1-2-16-9(13)8-4-3-6-11(8)17(14,15)10-5-7-12/h8,10,12H,2-7H2,1H3. The van der Waals surface area contributed by atoms with Crippen LogP contribution in [0, 0.1) is 0 Å². The molecule has 0 amide bonds. The molecule has 0 bridgehead atoms. The maximum Gasteiger partial charge on any atom is 0.324 e. The summed E-state index contributed by atoms with van der Waals surface area (Å²) in [6.07, 6.45) is 1.10. The normalized spacial score (nSPS) is 21.6. The summed E-state index contributed by atoms with van der Waals surface area (Å²) in [4.78, 5) is 11.6. The van der Waals surface area contributed by atoms with Crippen molar-refractivity contribution in [3.63, 3.8) is 0 Å². The van der Waals surface area contributed by atoms with Gasteiger partial charge in [0.05, 0.1) is 13.2 Å². The first-order valence-corrected chi connectivity index (χ1v) is 7.01. The quantitative estimate of drug-likeness (QED) is 0.591. The van der Waals surface area contributed by atoms with Crippen LogP contribution in [0.25, 0.3) is 0 Å². The Balaban J connectivity index is 2.71. The SMILES string of the molecule is CCOC(=O)C1CCCN1S(=O)(=O)NCCO. The van der Waals surface area contributed by atoms with Gasteiger partial charge in [0.15, 0.2) is 0 Å². The highest BCUT2D eigenvalue weighted by atomic mass is 32.2. The monoisotopic (exact) mass is 266 g/mol. The maximum absolute atomic E-state index is 11.8. The van der Waals surface area contributed by atoms with E-state index in [0.29, 0.717) is 19.4 Å². The largest absolute Gasteiger partial charge is 0.465 e. The van der Waals surface area contributed by atoms with Gasteiger partial charge in [-0.05, 0) is 19.8 Å². The van der Waals surface area contributed by atoms with Crippen LogP contribution in [0.3, 0.4) is 0 Å². The minimum Gasteiger partial charge on any atom is -0.465 e. The third-order valence-electron chi connectivity index (χ3n) is 2.47. The Morgan fingerprint density at radius 3 is 2.88 bits per heavy atom. The van der Waals surface area contributed by atoms with Gasteiger partial charge in [-0.2, -0.15) is 17.4 Å². The van der Waals surface area contributed by atoms with Crippen LogP contribution in [-0.2, 0) is 19.7 Å². The minimum atomic E-state index is -3.71. The molecule has 1 atom stereocenters. The first-order valence-electron chi connectivity index (χ1n) is 5.57. The average molecular weight is 266 g/mol. The van der Waals surface area contributed by atoms with E-state index in [2.05, 4.69) is 4.72 Å². The number of carbonyl (C=O) groups excluding carboxylic acids is 1. The molecule has 17 heavy (non-hydrogen) atoms. The molecule has 1 saturated heterocycles. The van der Waals surface area contributed by atoms with Gasteiger partial charge < -0.3 is 9.84 Å². The number of esters is 1. The van der Waals surface area contributed by atoms with E-state index in [1.165, 1.54) is 0 Å². The molecule has 0 aromatic heterocycles. The lowest BCUT2D eigenvalue weighted by Crippen LogP contribution is -2.47. The number of nitrogens with zero attached hydrogens (tertiary/aromatic N) is 1. The summed E-state index contributed by atoms with van der Waals surface area (Å²) in [6.45, 7) is 1.86. The summed E-state index contributed by atoms with van der Waals surface area (Å²) >= 11 is 0. The number of aliphatic hydroxyl groups is 1. The molecule has 1 unspecified atom stereocenters. The van der Waals surface area contributed by atoms with Crippen molar-refractivity contribution >= 4 is 16.2 Å². The Morgan fingerprint density at radius 1 is 1.59 bits per heavy atom. The molecule has 100 valence electrons. The van der Waals surface area contributed by atoms with Gasteiger partial charge in [-0.15, -0.1) is 0 Å². The fourth-order valence-electron chi connectivity index (χ4n) is 1.76. The predicted octanol–water partition coefficient (Wildman–Crippen LogP) is -1.16. The lowest BCUT2D eigenvalue weighted by Gasteiger charge is -2.22. The van der Waals surface area contributed by atoms with E-state index in [4.69, 9.17) is 9.84 Å². The van der Waals surface area contributed by atoms with Gasteiger partial charge in [-0.25, -0.2) is 0 Å². The van der Waals surface area contributed by atoms with Crippen LogP contribution in [0.4, 0.5) is 0 Å². The van der Waals surface area contributed by atoms with Crippen LogP contribution in [0.5, 0.6) is 0 Å². The molecule has 1 fully saturated rings. The first-order chi connectivity index (χ1) is 8.03. The summed E-state index contributed by atoms with van der Waals surface area (Å²) in [5.41, 5.74) is 0. The molecule has 1 aliphatic rings. The topological polar surface area (TPSA) is 95.9 Å². The number of hydrogen-bond donors (Lipinski definition) is 2. The van der Waals surface area contributed by atoms with Crippen LogP contribution < -0.4 is 4.72 Å². The molecule has 8 heteroatoms. The lowest BCUT2D eigenvalue weighted by molar-refractivity contribution is -0.146. The third kappa shape index (κ3) is 3.63. The van der Waals surface area contributed by atoms with E-state index in [0.717, 1.165) is 4.31 Å². The lowest BCUT2D eigenvalue weighted by atomic mass is 10.2. The molecule has 7 nitrogen and oxygen atoms in total. The van der Waals surface area contributed by atoms with E-state index in [1.807, 2.05) is 0 Å². The molecule has 2 N–H and O–H groups in total. The predicted molar refractivity (Wildman–Crippen MR) is 60.4 cm³/mol. The van der Waals surface area contributed by atoms with E-state index in [-0.39, 0.29) is 19.8 Å². The summed E-state index contributed by atoms with van der Waals surface area (Å²) in [5.74, 6) is -0.514. The Morgan fingerprint density at radius 2 is 2.29 bits per heavy atom. The fraction of sp³-hybridized carbons (Fsp3) is 0.889. The summed E-state index contributed by atoms with van der Waals surface area (Å²) in [7, 11) is -3.71. The minimum absolute atomic E-state index is 0.0611. The van der Waals surface area contributed by atoms with E-state index in [1.54, 1.807) is 6.92 Å². The molecule has 1 rings (SSSR count). The van der Waals surface area contributed by atoms with Crippen molar-refractivity contribution in [3.05, 3.63) is 0 Å². The first kappa shape index (κ1) is 14.4. The molecular weight excluding hydrogens is 248 g/mol. The van der Waals surface area contributed by atoms with Gasteiger partial charge >= 0.3 is 5.97 Å². The van der Waals surface area contributed by atoms with Crippen LogP contribution in [0.15, 0.2) is 0 Å². The van der Waals surface area contributed by atoms with Gasteiger partial charge in [-0.1, -0.05) is 0 Å². The third-order valence-corrected chi connectivity index (χ3v) is 4.09. The van der Waals surface area contributed by atoms with Crippen LogP contribution in [0.1, 0.15) is 19.8 Å². The number of rotatable bonds is 6. The molecule has 1 heterocycles. The van der Waals surface area contributed by atoms with Crippen LogP contribution in [0.2, 0.25) is 0 Å². The Labute approximate surface area is 101 Å². The van der Waals surface area contributed by atoms with Crippen molar-refractivity contribution in [1.82, 2.24) is 9.03 Å². The average Bonchev–Trinajstić information content (AvgIpc) is 2.76. The number of aliphatic hydroxyl groups excluding tert-OH is 1. The highest BCUT2D eigenvalue weighted by Crippen LogP contribution is 2.21. The Kier molecular flexibility index (Phi) is 5.31. The second kappa shape index (κ2) is 6.29.